The van der Waals surface area contributed by atoms with Crippen LogP contribution in [0.2, 0.25) is 0 Å². The molecule has 1 N–H and O–H groups in total. The maximum atomic E-state index is 12.2. The lowest BCUT2D eigenvalue weighted by atomic mass is 10.1. The summed E-state index contributed by atoms with van der Waals surface area (Å²) in [6.45, 7) is 3.95. The molecule has 2 aromatic carbocycles. The lowest BCUT2D eigenvalue weighted by molar-refractivity contribution is 0.102. The fourth-order valence-corrected chi connectivity index (χ4v) is 1.91. The van der Waals surface area contributed by atoms with E-state index in [1.165, 1.54) is 0 Å². The van der Waals surface area contributed by atoms with E-state index in [0.29, 0.717) is 11.3 Å². The van der Waals surface area contributed by atoms with Crippen LogP contribution in [0.4, 0.5) is 5.69 Å². The number of hydrogen-bond acceptors (Lipinski definition) is 2. The predicted molar refractivity (Wildman–Crippen MR) is 76.9 cm³/mol. The van der Waals surface area contributed by atoms with Crippen molar-refractivity contribution in [3.05, 3.63) is 59.2 Å². The third-order valence-electron chi connectivity index (χ3n) is 2.88. The lowest BCUT2D eigenvalue weighted by Gasteiger charge is -2.10. The summed E-state index contributed by atoms with van der Waals surface area (Å²) in [5.41, 5.74) is 3.49. The van der Waals surface area contributed by atoms with Gasteiger partial charge in [0, 0.05) is 5.69 Å². The standard InChI is InChI=1S/C16H17NO2/c1-11-5-4-6-13(9-11)17-16(18)14-8-7-12(2)10-15(14)19-3/h4-10H,1-3H3,(H,17,18). The zero-order valence-corrected chi connectivity index (χ0v) is 11.4. The average Bonchev–Trinajstić information content (AvgIpc) is 2.38. The van der Waals surface area contributed by atoms with Crippen LogP contribution in [0.1, 0.15) is 21.5 Å². The number of hydrogen-bond donors (Lipinski definition) is 1. The number of aryl methyl sites for hydroxylation is 2. The number of rotatable bonds is 3. The Morgan fingerprint density at radius 1 is 1.05 bits per heavy atom. The normalized spacial score (nSPS) is 10.1. The number of methoxy groups -OCH3 is 1. The van der Waals surface area contributed by atoms with Crippen molar-refractivity contribution >= 4 is 11.6 Å². The highest BCUT2D eigenvalue weighted by atomic mass is 16.5. The summed E-state index contributed by atoms with van der Waals surface area (Å²) in [5.74, 6) is 0.424. The van der Waals surface area contributed by atoms with Crippen LogP contribution in [0, 0.1) is 13.8 Å². The van der Waals surface area contributed by atoms with E-state index in [9.17, 15) is 4.79 Å². The minimum absolute atomic E-state index is 0.164. The van der Waals surface area contributed by atoms with E-state index in [-0.39, 0.29) is 5.91 Å². The predicted octanol–water partition coefficient (Wildman–Crippen LogP) is 3.56. The van der Waals surface area contributed by atoms with Gasteiger partial charge < -0.3 is 10.1 Å². The van der Waals surface area contributed by atoms with E-state index in [1.807, 2.05) is 50.2 Å². The van der Waals surface area contributed by atoms with Gasteiger partial charge in [0.05, 0.1) is 12.7 Å². The van der Waals surface area contributed by atoms with Gasteiger partial charge in [-0.1, -0.05) is 18.2 Å². The Morgan fingerprint density at radius 2 is 1.79 bits per heavy atom. The number of nitrogens with one attached hydrogen (secondary N) is 1. The average molecular weight is 255 g/mol. The molecule has 2 aromatic rings. The molecule has 0 aliphatic carbocycles. The number of ether oxygens (including phenoxy) is 1. The van der Waals surface area contributed by atoms with Crippen LogP contribution in [0.3, 0.4) is 0 Å². The molecule has 0 saturated heterocycles. The third kappa shape index (κ3) is 3.13. The van der Waals surface area contributed by atoms with Gasteiger partial charge in [0.1, 0.15) is 5.75 Å². The molecule has 0 aliphatic heterocycles. The van der Waals surface area contributed by atoms with E-state index in [2.05, 4.69) is 5.32 Å². The highest BCUT2D eigenvalue weighted by molar-refractivity contribution is 6.06. The Labute approximate surface area is 113 Å². The van der Waals surface area contributed by atoms with E-state index in [1.54, 1.807) is 13.2 Å². The number of benzene rings is 2. The molecule has 3 heteroatoms. The molecule has 0 aromatic heterocycles. The van der Waals surface area contributed by atoms with Gasteiger partial charge in [0.2, 0.25) is 0 Å². The molecular weight excluding hydrogens is 238 g/mol. The molecule has 1 amide bonds. The zero-order valence-electron chi connectivity index (χ0n) is 11.4. The fourth-order valence-electron chi connectivity index (χ4n) is 1.91. The third-order valence-corrected chi connectivity index (χ3v) is 2.88. The SMILES string of the molecule is COc1cc(C)ccc1C(=O)Nc1cccc(C)c1. The molecule has 0 atom stereocenters. The first-order valence-electron chi connectivity index (χ1n) is 6.13. The highest BCUT2D eigenvalue weighted by Crippen LogP contribution is 2.21. The summed E-state index contributed by atoms with van der Waals surface area (Å²) in [6, 6.07) is 13.2. The molecule has 0 bridgehead atoms. The van der Waals surface area contributed by atoms with Gasteiger partial charge in [-0.15, -0.1) is 0 Å². The van der Waals surface area contributed by atoms with Crippen LogP contribution in [0.25, 0.3) is 0 Å². The van der Waals surface area contributed by atoms with Crippen molar-refractivity contribution in [2.45, 2.75) is 13.8 Å². The smallest absolute Gasteiger partial charge is 0.259 e. The number of anilines is 1. The fraction of sp³-hybridized carbons (Fsp3) is 0.188. The molecule has 98 valence electrons. The van der Waals surface area contributed by atoms with Crippen LogP contribution >= 0.6 is 0 Å². The van der Waals surface area contributed by atoms with Gasteiger partial charge >= 0.3 is 0 Å². The molecule has 0 fully saturated rings. The zero-order chi connectivity index (χ0) is 13.8. The Bertz CT molecular complexity index is 605. The summed E-state index contributed by atoms with van der Waals surface area (Å²) in [5, 5.41) is 2.87. The van der Waals surface area contributed by atoms with Crippen LogP contribution in [0.5, 0.6) is 5.75 Å². The second-order valence-corrected chi connectivity index (χ2v) is 4.53. The minimum atomic E-state index is -0.164. The summed E-state index contributed by atoms with van der Waals surface area (Å²) in [6.07, 6.45) is 0. The van der Waals surface area contributed by atoms with E-state index >= 15 is 0 Å². The van der Waals surface area contributed by atoms with Crippen molar-refractivity contribution < 1.29 is 9.53 Å². The van der Waals surface area contributed by atoms with Crippen molar-refractivity contribution in [1.82, 2.24) is 0 Å². The van der Waals surface area contributed by atoms with E-state index in [0.717, 1.165) is 16.8 Å². The van der Waals surface area contributed by atoms with Crippen LogP contribution in [-0.4, -0.2) is 13.0 Å². The minimum Gasteiger partial charge on any atom is -0.496 e. The lowest BCUT2D eigenvalue weighted by Crippen LogP contribution is -2.13. The quantitative estimate of drug-likeness (QED) is 0.910. The summed E-state index contributed by atoms with van der Waals surface area (Å²) in [7, 11) is 1.57. The Kier molecular flexibility index (Phi) is 3.85. The van der Waals surface area contributed by atoms with E-state index in [4.69, 9.17) is 4.74 Å². The number of amides is 1. The van der Waals surface area contributed by atoms with Crippen molar-refractivity contribution in [3.63, 3.8) is 0 Å². The largest absolute Gasteiger partial charge is 0.496 e. The van der Waals surface area contributed by atoms with Crippen molar-refractivity contribution in [3.8, 4) is 5.75 Å². The van der Waals surface area contributed by atoms with Crippen LogP contribution < -0.4 is 10.1 Å². The van der Waals surface area contributed by atoms with Gasteiger partial charge in [0.25, 0.3) is 5.91 Å². The first kappa shape index (κ1) is 13.1. The molecule has 0 unspecified atom stereocenters. The molecule has 2 rings (SSSR count). The Morgan fingerprint density at radius 3 is 2.47 bits per heavy atom. The van der Waals surface area contributed by atoms with Gasteiger partial charge in [-0.3, -0.25) is 4.79 Å². The van der Waals surface area contributed by atoms with Gasteiger partial charge in [-0.2, -0.15) is 0 Å². The Hall–Kier alpha value is -2.29. The molecule has 19 heavy (non-hydrogen) atoms. The van der Waals surface area contributed by atoms with Crippen molar-refractivity contribution in [2.24, 2.45) is 0 Å². The molecule has 0 saturated carbocycles. The number of carbonyl (C=O) groups excluding carboxylic acids is 1. The van der Waals surface area contributed by atoms with E-state index < -0.39 is 0 Å². The monoisotopic (exact) mass is 255 g/mol. The first-order chi connectivity index (χ1) is 9.10. The second-order valence-electron chi connectivity index (χ2n) is 4.53. The van der Waals surface area contributed by atoms with Gasteiger partial charge in [0.15, 0.2) is 0 Å². The Balaban J connectivity index is 2.25. The second kappa shape index (κ2) is 5.57. The van der Waals surface area contributed by atoms with Gasteiger partial charge in [-0.05, 0) is 49.2 Å². The maximum Gasteiger partial charge on any atom is 0.259 e. The van der Waals surface area contributed by atoms with Gasteiger partial charge in [-0.25, -0.2) is 0 Å². The first-order valence-corrected chi connectivity index (χ1v) is 6.13. The van der Waals surface area contributed by atoms with Crippen LogP contribution in [-0.2, 0) is 0 Å². The molecule has 0 heterocycles. The molecular formula is C16H17NO2. The molecule has 0 spiro atoms. The summed E-state index contributed by atoms with van der Waals surface area (Å²) >= 11 is 0. The number of carbonyl (C=O) groups is 1. The molecule has 0 aliphatic rings. The summed E-state index contributed by atoms with van der Waals surface area (Å²) < 4.78 is 5.25. The topological polar surface area (TPSA) is 38.3 Å². The van der Waals surface area contributed by atoms with Crippen LogP contribution in [0.15, 0.2) is 42.5 Å². The summed E-state index contributed by atoms with van der Waals surface area (Å²) in [4.78, 5) is 12.2. The van der Waals surface area contributed by atoms with Crippen molar-refractivity contribution in [1.29, 1.82) is 0 Å². The molecule has 0 radical (unpaired) electrons. The highest BCUT2D eigenvalue weighted by Gasteiger charge is 2.12. The molecule has 3 nitrogen and oxygen atoms in total. The maximum absolute atomic E-state index is 12.2. The van der Waals surface area contributed by atoms with Crippen molar-refractivity contribution in [2.75, 3.05) is 12.4 Å².